The average Bonchev–Trinajstić information content (AvgIpc) is 3.02. The lowest BCUT2D eigenvalue weighted by Gasteiger charge is -2.09. The Labute approximate surface area is 110 Å². The first kappa shape index (κ1) is 13.5. The third kappa shape index (κ3) is 3.30. The fourth-order valence-electron chi connectivity index (χ4n) is 1.75. The molecule has 3 N–H and O–H groups in total. The summed E-state index contributed by atoms with van der Waals surface area (Å²) in [5, 5.41) is 7.84. The van der Waals surface area contributed by atoms with E-state index in [0.717, 1.165) is 29.1 Å². The summed E-state index contributed by atoms with van der Waals surface area (Å²) in [7, 11) is -3.63. The number of hydrogen-bond donors (Lipinski definition) is 2. The van der Waals surface area contributed by atoms with Gasteiger partial charge in [-0.1, -0.05) is 6.92 Å². The van der Waals surface area contributed by atoms with Crippen LogP contribution in [-0.4, -0.2) is 14.3 Å². The Kier molecular flexibility index (Phi) is 3.74. The van der Waals surface area contributed by atoms with Crippen LogP contribution in [0.5, 0.6) is 0 Å². The Morgan fingerprint density at radius 2 is 2.22 bits per heavy atom. The van der Waals surface area contributed by atoms with Crippen LogP contribution in [0.2, 0.25) is 0 Å². The van der Waals surface area contributed by atoms with Crippen LogP contribution in [0.3, 0.4) is 0 Å². The number of carbonyl (C=O) groups is 1. The van der Waals surface area contributed by atoms with E-state index in [2.05, 4.69) is 5.32 Å². The van der Waals surface area contributed by atoms with Crippen LogP contribution < -0.4 is 10.5 Å². The molecule has 1 fully saturated rings. The molecule has 100 valence electrons. The first-order chi connectivity index (χ1) is 8.38. The summed E-state index contributed by atoms with van der Waals surface area (Å²) in [6, 6.07) is 3.14. The van der Waals surface area contributed by atoms with Crippen molar-refractivity contribution in [1.29, 1.82) is 0 Å². The van der Waals surface area contributed by atoms with E-state index < -0.39 is 10.0 Å². The number of nitrogens with two attached hydrogens (primary N) is 1. The van der Waals surface area contributed by atoms with Crippen LogP contribution in [-0.2, 0) is 21.4 Å². The van der Waals surface area contributed by atoms with Crippen LogP contribution in [0.4, 0.5) is 0 Å². The van der Waals surface area contributed by atoms with E-state index >= 15 is 0 Å². The zero-order chi connectivity index (χ0) is 13.3. The molecular weight excluding hydrogens is 272 g/mol. The topological polar surface area (TPSA) is 89.3 Å². The van der Waals surface area contributed by atoms with Gasteiger partial charge in [0.25, 0.3) is 0 Å². The molecule has 1 heterocycles. The maximum atomic E-state index is 11.8. The van der Waals surface area contributed by atoms with Gasteiger partial charge in [0.15, 0.2) is 0 Å². The molecule has 2 rings (SSSR count). The van der Waals surface area contributed by atoms with Gasteiger partial charge in [-0.05, 0) is 30.9 Å². The third-order valence-corrected chi connectivity index (χ3v) is 5.62. The minimum Gasteiger partial charge on any atom is -0.351 e. The van der Waals surface area contributed by atoms with Gasteiger partial charge in [-0.15, -0.1) is 11.3 Å². The normalized spacial score (nSPS) is 17.4. The molecule has 0 aromatic carbocycles. The Balaban J connectivity index is 1.90. The highest BCUT2D eigenvalue weighted by Gasteiger charge is 2.32. The molecule has 1 unspecified atom stereocenters. The summed E-state index contributed by atoms with van der Waals surface area (Å²) in [5.74, 6) is 0.596. The van der Waals surface area contributed by atoms with Gasteiger partial charge < -0.3 is 5.32 Å². The first-order valence-corrected chi connectivity index (χ1v) is 8.13. The summed E-state index contributed by atoms with van der Waals surface area (Å²) < 4.78 is 22.3. The van der Waals surface area contributed by atoms with E-state index in [1.54, 1.807) is 6.07 Å². The van der Waals surface area contributed by atoms with E-state index in [9.17, 15) is 13.2 Å². The number of rotatable bonds is 5. The SMILES string of the molecule is CC(C(=O)NCc1ccc(S(N)(=O)=O)s1)C1CC1. The zero-order valence-electron chi connectivity index (χ0n) is 10.0. The van der Waals surface area contributed by atoms with Gasteiger partial charge in [-0.3, -0.25) is 4.79 Å². The van der Waals surface area contributed by atoms with Crippen LogP contribution in [0, 0.1) is 11.8 Å². The molecular formula is C11H16N2O3S2. The standard InChI is InChI=1S/C11H16N2O3S2/c1-7(8-2-3-8)11(14)13-6-9-4-5-10(17-9)18(12,15)16/h4-5,7-8H,2-3,6H2,1H3,(H,13,14)(H2,12,15,16). The third-order valence-electron chi connectivity index (χ3n) is 3.10. The Hall–Kier alpha value is -0.920. The second-order valence-electron chi connectivity index (χ2n) is 4.61. The van der Waals surface area contributed by atoms with E-state index in [1.807, 2.05) is 6.92 Å². The van der Waals surface area contributed by atoms with Crippen LogP contribution >= 0.6 is 11.3 Å². The van der Waals surface area contributed by atoms with Gasteiger partial charge in [-0.2, -0.15) is 0 Å². The van der Waals surface area contributed by atoms with Gasteiger partial charge in [0.05, 0.1) is 6.54 Å². The minimum absolute atomic E-state index is 0.0306. The predicted octanol–water partition coefficient (Wildman–Crippen LogP) is 1.06. The van der Waals surface area contributed by atoms with Crippen molar-refractivity contribution in [1.82, 2.24) is 5.32 Å². The summed E-state index contributed by atoms with van der Waals surface area (Å²) in [6.07, 6.45) is 2.26. The van der Waals surface area contributed by atoms with Gasteiger partial charge in [0.1, 0.15) is 4.21 Å². The largest absolute Gasteiger partial charge is 0.351 e. The first-order valence-electron chi connectivity index (χ1n) is 5.77. The Morgan fingerprint density at radius 1 is 1.56 bits per heavy atom. The summed E-state index contributed by atoms with van der Waals surface area (Å²) in [4.78, 5) is 12.5. The van der Waals surface area contributed by atoms with Crippen LogP contribution in [0.25, 0.3) is 0 Å². The van der Waals surface area contributed by atoms with Crippen molar-refractivity contribution >= 4 is 27.3 Å². The fraction of sp³-hybridized carbons (Fsp3) is 0.545. The van der Waals surface area contributed by atoms with Gasteiger partial charge in [-0.25, -0.2) is 13.6 Å². The molecule has 18 heavy (non-hydrogen) atoms. The van der Waals surface area contributed by atoms with E-state index in [-0.39, 0.29) is 16.0 Å². The maximum Gasteiger partial charge on any atom is 0.247 e. The number of hydrogen-bond acceptors (Lipinski definition) is 4. The average molecular weight is 288 g/mol. The number of sulfonamides is 1. The summed E-state index contributed by atoms with van der Waals surface area (Å²) in [5.41, 5.74) is 0. The summed E-state index contributed by atoms with van der Waals surface area (Å²) in [6.45, 7) is 2.28. The quantitative estimate of drug-likeness (QED) is 0.849. The smallest absolute Gasteiger partial charge is 0.247 e. The highest BCUT2D eigenvalue weighted by atomic mass is 32.2. The van der Waals surface area contributed by atoms with Crippen molar-refractivity contribution in [3.05, 3.63) is 17.0 Å². The molecule has 1 amide bonds. The minimum atomic E-state index is -3.63. The number of carbonyl (C=O) groups excluding carboxylic acids is 1. The van der Waals surface area contributed by atoms with Gasteiger partial charge >= 0.3 is 0 Å². The Bertz CT molecular complexity index is 546. The van der Waals surface area contributed by atoms with Crippen molar-refractivity contribution in [2.24, 2.45) is 17.0 Å². The molecule has 7 heteroatoms. The summed E-state index contributed by atoms with van der Waals surface area (Å²) >= 11 is 1.09. The second kappa shape index (κ2) is 4.99. The molecule has 1 aliphatic carbocycles. The number of nitrogens with one attached hydrogen (secondary N) is 1. The van der Waals surface area contributed by atoms with Crippen molar-refractivity contribution in [2.45, 2.75) is 30.5 Å². The fourth-order valence-corrected chi connectivity index (χ4v) is 3.47. The van der Waals surface area contributed by atoms with Crippen molar-refractivity contribution < 1.29 is 13.2 Å². The van der Waals surface area contributed by atoms with Crippen LogP contribution in [0.1, 0.15) is 24.6 Å². The molecule has 0 saturated heterocycles. The molecule has 1 atom stereocenters. The van der Waals surface area contributed by atoms with Crippen molar-refractivity contribution in [3.8, 4) is 0 Å². The lowest BCUT2D eigenvalue weighted by molar-refractivity contribution is -0.125. The molecule has 1 saturated carbocycles. The molecule has 1 aromatic rings. The van der Waals surface area contributed by atoms with Crippen molar-refractivity contribution in [3.63, 3.8) is 0 Å². The van der Waals surface area contributed by atoms with E-state index in [4.69, 9.17) is 5.14 Å². The lowest BCUT2D eigenvalue weighted by atomic mass is 10.1. The Morgan fingerprint density at radius 3 is 2.72 bits per heavy atom. The van der Waals surface area contributed by atoms with E-state index in [1.165, 1.54) is 6.07 Å². The highest BCUT2D eigenvalue weighted by molar-refractivity contribution is 7.91. The van der Waals surface area contributed by atoms with Crippen molar-refractivity contribution in [2.75, 3.05) is 0 Å². The molecule has 0 spiro atoms. The van der Waals surface area contributed by atoms with E-state index in [0.29, 0.717) is 12.5 Å². The monoisotopic (exact) mass is 288 g/mol. The maximum absolute atomic E-state index is 11.8. The number of amides is 1. The zero-order valence-corrected chi connectivity index (χ0v) is 11.7. The highest BCUT2D eigenvalue weighted by Crippen LogP contribution is 2.36. The lowest BCUT2D eigenvalue weighted by Crippen LogP contribution is -2.29. The molecule has 0 radical (unpaired) electrons. The van der Waals surface area contributed by atoms with Crippen LogP contribution in [0.15, 0.2) is 16.3 Å². The second-order valence-corrected chi connectivity index (χ2v) is 7.57. The molecule has 0 bridgehead atoms. The molecule has 5 nitrogen and oxygen atoms in total. The predicted molar refractivity (Wildman–Crippen MR) is 69.4 cm³/mol. The van der Waals surface area contributed by atoms with Gasteiger partial charge in [0, 0.05) is 10.8 Å². The number of primary sulfonamides is 1. The van der Waals surface area contributed by atoms with Gasteiger partial charge in [0.2, 0.25) is 15.9 Å². The molecule has 1 aliphatic rings. The molecule has 1 aromatic heterocycles. The number of thiophene rings is 1. The molecule has 0 aliphatic heterocycles.